The molecule has 16 heavy (non-hydrogen) atoms. The first-order chi connectivity index (χ1) is 7.65. The fourth-order valence-electron chi connectivity index (χ4n) is 2.07. The van der Waals surface area contributed by atoms with Crippen LogP contribution in [0.25, 0.3) is 0 Å². The first-order valence-electron chi connectivity index (χ1n) is 5.94. The lowest BCUT2D eigenvalue weighted by molar-refractivity contribution is -0.114. The van der Waals surface area contributed by atoms with Crippen LogP contribution < -0.4 is 5.73 Å². The van der Waals surface area contributed by atoms with Gasteiger partial charge in [0.1, 0.15) is 0 Å². The van der Waals surface area contributed by atoms with Gasteiger partial charge in [-0.2, -0.15) is 0 Å². The third-order valence-corrected chi connectivity index (χ3v) is 3.01. The van der Waals surface area contributed by atoms with Crippen LogP contribution in [0.1, 0.15) is 26.2 Å². The van der Waals surface area contributed by atoms with Gasteiger partial charge in [-0.25, -0.2) is 0 Å². The van der Waals surface area contributed by atoms with E-state index in [-0.39, 0.29) is 5.91 Å². The summed E-state index contributed by atoms with van der Waals surface area (Å²) in [6.07, 6.45) is 2.86. The van der Waals surface area contributed by atoms with Crippen molar-refractivity contribution in [2.45, 2.75) is 32.2 Å². The van der Waals surface area contributed by atoms with E-state index in [9.17, 15) is 4.79 Å². The van der Waals surface area contributed by atoms with Gasteiger partial charge in [-0.15, -0.1) is 0 Å². The summed E-state index contributed by atoms with van der Waals surface area (Å²) in [5.41, 5.74) is 5.76. The van der Waals surface area contributed by atoms with E-state index in [1.165, 1.54) is 0 Å². The number of ether oxygens (including phenoxy) is 1. The second-order valence-electron chi connectivity index (χ2n) is 4.26. The van der Waals surface area contributed by atoms with E-state index in [4.69, 9.17) is 10.5 Å². The Bertz CT molecular complexity index is 247. The van der Waals surface area contributed by atoms with Gasteiger partial charge >= 0.3 is 0 Å². The molecule has 4 heteroatoms. The molecule has 1 heterocycles. The topological polar surface area (TPSA) is 55.6 Å². The molecule has 0 aliphatic carbocycles. The highest BCUT2D eigenvalue weighted by Gasteiger charge is 2.21. The largest absolute Gasteiger partial charge is 0.379 e. The summed E-state index contributed by atoms with van der Waals surface area (Å²) in [6.45, 7) is 9.34. The number of carbonyl (C=O) groups excluding carboxylic acids is 1. The van der Waals surface area contributed by atoms with Crippen molar-refractivity contribution in [1.29, 1.82) is 0 Å². The zero-order valence-electron chi connectivity index (χ0n) is 10.1. The van der Waals surface area contributed by atoms with Gasteiger partial charge in [0.05, 0.1) is 13.2 Å². The van der Waals surface area contributed by atoms with Crippen molar-refractivity contribution in [3.8, 4) is 0 Å². The normalized spacial score (nSPS) is 19.3. The van der Waals surface area contributed by atoms with E-state index in [2.05, 4.69) is 18.4 Å². The number of carbonyl (C=O) groups is 1. The predicted octanol–water partition coefficient (Wildman–Crippen LogP) is 0.919. The lowest BCUT2D eigenvalue weighted by atomic mass is 10.0. The summed E-state index contributed by atoms with van der Waals surface area (Å²) in [4.78, 5) is 13.4. The van der Waals surface area contributed by atoms with Crippen molar-refractivity contribution in [2.24, 2.45) is 5.73 Å². The fraction of sp³-hybridized carbons (Fsp3) is 0.750. The van der Waals surface area contributed by atoms with Crippen molar-refractivity contribution in [1.82, 2.24) is 4.90 Å². The Labute approximate surface area is 97.4 Å². The Morgan fingerprint density at radius 1 is 1.50 bits per heavy atom. The van der Waals surface area contributed by atoms with Gasteiger partial charge in [0.15, 0.2) is 0 Å². The maximum Gasteiger partial charge on any atom is 0.244 e. The number of morpholine rings is 1. The van der Waals surface area contributed by atoms with Crippen LogP contribution in [-0.2, 0) is 9.53 Å². The van der Waals surface area contributed by atoms with Crippen LogP contribution in [0, 0.1) is 0 Å². The van der Waals surface area contributed by atoms with Crippen molar-refractivity contribution in [3.63, 3.8) is 0 Å². The average molecular weight is 226 g/mol. The molecule has 1 saturated heterocycles. The van der Waals surface area contributed by atoms with Gasteiger partial charge in [0, 0.05) is 24.7 Å². The van der Waals surface area contributed by atoms with E-state index in [0.717, 1.165) is 39.1 Å². The smallest absolute Gasteiger partial charge is 0.244 e. The molecule has 0 bridgehead atoms. The van der Waals surface area contributed by atoms with Gasteiger partial charge in [-0.1, -0.05) is 19.9 Å². The molecule has 4 nitrogen and oxygen atoms in total. The number of hydrogen-bond acceptors (Lipinski definition) is 3. The SMILES string of the molecule is C=C(CC(CCC)N1CCOCC1)C(N)=O. The number of hydrogen-bond donors (Lipinski definition) is 1. The van der Waals surface area contributed by atoms with Gasteiger partial charge < -0.3 is 10.5 Å². The third kappa shape index (κ3) is 3.94. The molecule has 0 saturated carbocycles. The zero-order chi connectivity index (χ0) is 12.0. The van der Waals surface area contributed by atoms with Gasteiger partial charge in [-0.3, -0.25) is 9.69 Å². The molecule has 1 aliphatic rings. The van der Waals surface area contributed by atoms with Crippen LogP contribution in [0.4, 0.5) is 0 Å². The second kappa shape index (κ2) is 6.66. The molecule has 1 unspecified atom stereocenters. The van der Waals surface area contributed by atoms with E-state index in [0.29, 0.717) is 18.0 Å². The first kappa shape index (κ1) is 13.2. The number of nitrogens with two attached hydrogens (primary N) is 1. The summed E-state index contributed by atoms with van der Waals surface area (Å²) in [6, 6.07) is 0.383. The van der Waals surface area contributed by atoms with E-state index < -0.39 is 0 Å². The highest BCUT2D eigenvalue weighted by atomic mass is 16.5. The summed E-state index contributed by atoms with van der Waals surface area (Å²) >= 11 is 0. The minimum Gasteiger partial charge on any atom is -0.379 e. The van der Waals surface area contributed by atoms with Gasteiger partial charge in [0.2, 0.25) is 5.91 Å². The van der Waals surface area contributed by atoms with Crippen LogP contribution in [0.2, 0.25) is 0 Å². The van der Waals surface area contributed by atoms with Gasteiger partial charge in [-0.05, 0) is 12.8 Å². The molecule has 1 rings (SSSR count). The molecule has 0 radical (unpaired) electrons. The quantitative estimate of drug-likeness (QED) is 0.685. The standard InChI is InChI=1S/C12H22N2O2/c1-3-4-11(9-10(2)12(13)15)14-5-7-16-8-6-14/h11H,2-9H2,1H3,(H2,13,15). The van der Waals surface area contributed by atoms with Crippen molar-refractivity contribution in [2.75, 3.05) is 26.3 Å². The number of nitrogens with zero attached hydrogens (tertiary/aromatic N) is 1. The summed E-state index contributed by atoms with van der Waals surface area (Å²) in [5.74, 6) is -0.380. The monoisotopic (exact) mass is 226 g/mol. The van der Waals surface area contributed by atoms with Crippen LogP contribution in [0.5, 0.6) is 0 Å². The highest BCUT2D eigenvalue weighted by Crippen LogP contribution is 2.16. The number of rotatable bonds is 6. The molecule has 0 spiro atoms. The van der Waals surface area contributed by atoms with Crippen molar-refractivity contribution >= 4 is 5.91 Å². The zero-order valence-corrected chi connectivity index (χ0v) is 10.1. The van der Waals surface area contributed by atoms with Crippen molar-refractivity contribution in [3.05, 3.63) is 12.2 Å². The van der Waals surface area contributed by atoms with E-state index >= 15 is 0 Å². The molecular weight excluding hydrogens is 204 g/mol. The minimum atomic E-state index is -0.380. The van der Waals surface area contributed by atoms with Crippen LogP contribution >= 0.6 is 0 Å². The molecule has 2 N–H and O–H groups in total. The van der Waals surface area contributed by atoms with Crippen LogP contribution in [0.3, 0.4) is 0 Å². The lowest BCUT2D eigenvalue weighted by Gasteiger charge is -2.34. The molecule has 0 aromatic heterocycles. The Kier molecular flexibility index (Phi) is 5.49. The predicted molar refractivity (Wildman–Crippen MR) is 64.0 cm³/mol. The molecular formula is C12H22N2O2. The molecule has 92 valence electrons. The summed E-state index contributed by atoms with van der Waals surface area (Å²) in [7, 11) is 0. The van der Waals surface area contributed by atoms with Crippen LogP contribution in [0.15, 0.2) is 12.2 Å². The average Bonchev–Trinajstić information content (AvgIpc) is 2.29. The Morgan fingerprint density at radius 2 is 2.12 bits per heavy atom. The maximum atomic E-state index is 11.0. The second-order valence-corrected chi connectivity index (χ2v) is 4.26. The molecule has 1 amide bonds. The van der Waals surface area contributed by atoms with Crippen LogP contribution in [-0.4, -0.2) is 43.2 Å². The maximum absolute atomic E-state index is 11.0. The van der Waals surface area contributed by atoms with E-state index in [1.807, 2.05) is 0 Å². The molecule has 1 aliphatic heterocycles. The molecule has 0 aromatic rings. The summed E-state index contributed by atoms with van der Waals surface area (Å²) < 4.78 is 5.32. The lowest BCUT2D eigenvalue weighted by Crippen LogP contribution is -2.44. The first-order valence-corrected chi connectivity index (χ1v) is 5.94. The highest BCUT2D eigenvalue weighted by molar-refractivity contribution is 5.91. The Morgan fingerprint density at radius 3 is 2.62 bits per heavy atom. The van der Waals surface area contributed by atoms with Gasteiger partial charge in [0.25, 0.3) is 0 Å². The number of amides is 1. The number of primary amides is 1. The molecule has 0 aromatic carbocycles. The van der Waals surface area contributed by atoms with Crippen molar-refractivity contribution < 1.29 is 9.53 Å². The minimum absolute atomic E-state index is 0.380. The fourth-order valence-corrected chi connectivity index (χ4v) is 2.07. The van der Waals surface area contributed by atoms with E-state index in [1.54, 1.807) is 0 Å². The molecule has 1 atom stereocenters. The Hall–Kier alpha value is -0.870. The Balaban J connectivity index is 2.51. The molecule has 1 fully saturated rings. The third-order valence-electron chi connectivity index (χ3n) is 3.01. The summed E-state index contributed by atoms with van der Waals surface area (Å²) in [5, 5.41) is 0.